The maximum atomic E-state index is 13.0. The molecule has 4 amide bonds. The summed E-state index contributed by atoms with van der Waals surface area (Å²) in [7, 11) is 0. The number of carbonyl (C=O) groups excluding carboxylic acids is 4. The Hall–Kier alpha value is -2.14. The van der Waals surface area contributed by atoms with Crippen molar-refractivity contribution in [1.82, 2.24) is 9.80 Å². The second-order valence-corrected chi connectivity index (χ2v) is 7.00. The molecule has 0 saturated carbocycles. The summed E-state index contributed by atoms with van der Waals surface area (Å²) < 4.78 is 77.9. The molecule has 0 radical (unpaired) electrons. The summed E-state index contributed by atoms with van der Waals surface area (Å²) in [5.74, 6) is -10.3. The second kappa shape index (κ2) is 8.08. The van der Waals surface area contributed by atoms with Crippen molar-refractivity contribution in [3.05, 3.63) is 0 Å². The number of halogens is 6. The van der Waals surface area contributed by atoms with Crippen LogP contribution >= 0.6 is 0 Å². The van der Waals surface area contributed by atoms with E-state index in [-0.39, 0.29) is 16.2 Å². The van der Waals surface area contributed by atoms with Gasteiger partial charge in [-0.1, -0.05) is 34.1 Å². The van der Waals surface area contributed by atoms with Crippen molar-refractivity contribution < 1.29 is 45.5 Å². The van der Waals surface area contributed by atoms with Crippen molar-refractivity contribution in [2.75, 3.05) is 0 Å². The number of carbonyl (C=O) groups is 4. The van der Waals surface area contributed by atoms with Gasteiger partial charge in [0.1, 0.15) is 12.1 Å². The van der Waals surface area contributed by atoms with E-state index in [1.807, 2.05) is 0 Å². The van der Waals surface area contributed by atoms with Crippen LogP contribution in [0.5, 0.6) is 0 Å². The van der Waals surface area contributed by atoms with Crippen LogP contribution in [0.15, 0.2) is 0 Å². The number of hydrogen-bond acceptors (Lipinski definition) is 4. The monoisotopic (exact) mass is 418 g/mol. The fraction of sp³-hybridized carbons (Fsp3) is 0.750. The van der Waals surface area contributed by atoms with Gasteiger partial charge in [-0.25, -0.2) is 0 Å². The molecule has 28 heavy (non-hydrogen) atoms. The van der Waals surface area contributed by atoms with Gasteiger partial charge in [0, 0.05) is 0 Å². The SMILES string of the molecule is CCC(C)C1C(=O)N(C(=O)C(F)(F)F)C(CC(C)C)C(=O)N1C(=O)C(F)(F)F. The molecule has 0 aromatic carbocycles. The Kier molecular flexibility index (Phi) is 6.89. The molecule has 6 nitrogen and oxygen atoms in total. The zero-order valence-corrected chi connectivity index (χ0v) is 15.5. The predicted octanol–water partition coefficient (Wildman–Crippen LogP) is 2.66. The van der Waals surface area contributed by atoms with Gasteiger partial charge in [0.15, 0.2) is 0 Å². The average molecular weight is 418 g/mol. The molecule has 0 aromatic heterocycles. The van der Waals surface area contributed by atoms with Crippen LogP contribution in [-0.2, 0) is 19.2 Å². The highest BCUT2D eigenvalue weighted by Crippen LogP contribution is 2.34. The molecular formula is C16H20F6N2O4. The van der Waals surface area contributed by atoms with Crippen LogP contribution in [0.2, 0.25) is 0 Å². The van der Waals surface area contributed by atoms with E-state index in [4.69, 9.17) is 0 Å². The first-order valence-corrected chi connectivity index (χ1v) is 8.44. The smallest absolute Gasteiger partial charge is 0.272 e. The van der Waals surface area contributed by atoms with Crippen LogP contribution in [-0.4, -0.2) is 57.9 Å². The number of imide groups is 2. The van der Waals surface area contributed by atoms with Crippen LogP contribution in [0.4, 0.5) is 26.3 Å². The molecule has 0 aromatic rings. The van der Waals surface area contributed by atoms with E-state index in [1.54, 1.807) is 0 Å². The topological polar surface area (TPSA) is 74.8 Å². The molecule has 3 atom stereocenters. The van der Waals surface area contributed by atoms with Crippen LogP contribution in [0.3, 0.4) is 0 Å². The lowest BCUT2D eigenvalue weighted by atomic mass is 9.89. The third-order valence-corrected chi connectivity index (χ3v) is 4.40. The average Bonchev–Trinajstić information content (AvgIpc) is 2.53. The second-order valence-electron chi connectivity index (χ2n) is 7.00. The quantitative estimate of drug-likeness (QED) is 0.658. The minimum Gasteiger partial charge on any atom is -0.272 e. The summed E-state index contributed by atoms with van der Waals surface area (Å²) in [6.07, 6.45) is -11.6. The lowest BCUT2D eigenvalue weighted by Crippen LogP contribution is -2.71. The molecule has 1 rings (SSSR count). The van der Waals surface area contributed by atoms with Gasteiger partial charge in [-0.3, -0.25) is 29.0 Å². The van der Waals surface area contributed by atoms with Crippen molar-refractivity contribution in [2.45, 2.75) is 65.0 Å². The molecule has 0 bridgehead atoms. The van der Waals surface area contributed by atoms with E-state index in [0.717, 1.165) is 0 Å². The van der Waals surface area contributed by atoms with E-state index in [1.165, 1.54) is 27.7 Å². The molecule has 0 N–H and O–H groups in total. The van der Waals surface area contributed by atoms with Crippen LogP contribution in [0, 0.1) is 11.8 Å². The Labute approximate surface area is 156 Å². The minimum atomic E-state index is -5.53. The standard InChI is InChI=1S/C16H20F6N2O4/c1-5-8(4)10-12(26)23(13(27)15(17,18)19)9(6-7(2)3)11(25)24(10)14(28)16(20,21)22/h7-10H,5-6H2,1-4H3. The summed E-state index contributed by atoms with van der Waals surface area (Å²) >= 11 is 0. The Balaban J connectivity index is 3.63. The van der Waals surface area contributed by atoms with Crippen LogP contribution < -0.4 is 0 Å². The molecule has 3 unspecified atom stereocenters. The van der Waals surface area contributed by atoms with Gasteiger partial charge in [-0.05, 0) is 18.3 Å². The van der Waals surface area contributed by atoms with Crippen LogP contribution in [0.1, 0.15) is 40.5 Å². The lowest BCUT2D eigenvalue weighted by molar-refractivity contribution is -0.206. The van der Waals surface area contributed by atoms with Gasteiger partial charge in [0.2, 0.25) is 0 Å². The van der Waals surface area contributed by atoms with Gasteiger partial charge in [0.05, 0.1) is 0 Å². The van der Waals surface area contributed by atoms with E-state index in [0.29, 0.717) is 0 Å². The number of nitrogens with zero attached hydrogens (tertiary/aromatic N) is 2. The van der Waals surface area contributed by atoms with Gasteiger partial charge in [0.25, 0.3) is 11.8 Å². The summed E-state index contributed by atoms with van der Waals surface area (Å²) in [5.41, 5.74) is 0. The normalized spacial score (nSPS) is 22.7. The molecule has 12 heteroatoms. The Morgan fingerprint density at radius 3 is 1.68 bits per heavy atom. The maximum Gasteiger partial charge on any atom is 0.471 e. The zero-order chi connectivity index (χ0) is 22.2. The number of hydrogen-bond donors (Lipinski definition) is 0. The van der Waals surface area contributed by atoms with Crippen molar-refractivity contribution in [3.63, 3.8) is 0 Å². The molecule has 1 saturated heterocycles. The fourth-order valence-electron chi connectivity index (χ4n) is 2.93. The third kappa shape index (κ3) is 4.64. The number of rotatable bonds is 4. The first kappa shape index (κ1) is 23.9. The third-order valence-electron chi connectivity index (χ3n) is 4.40. The predicted molar refractivity (Wildman–Crippen MR) is 82.3 cm³/mol. The number of amides is 4. The maximum absolute atomic E-state index is 13.0. The molecule has 0 spiro atoms. The van der Waals surface area contributed by atoms with Crippen molar-refractivity contribution >= 4 is 23.6 Å². The van der Waals surface area contributed by atoms with E-state index in [2.05, 4.69) is 0 Å². The first-order chi connectivity index (χ1) is 12.6. The first-order valence-electron chi connectivity index (χ1n) is 8.44. The van der Waals surface area contributed by atoms with Crippen molar-refractivity contribution in [1.29, 1.82) is 0 Å². The van der Waals surface area contributed by atoms with Gasteiger partial charge in [-0.2, -0.15) is 26.3 Å². The van der Waals surface area contributed by atoms with Crippen molar-refractivity contribution in [2.24, 2.45) is 11.8 Å². The fourth-order valence-corrected chi connectivity index (χ4v) is 2.93. The summed E-state index contributed by atoms with van der Waals surface area (Å²) in [6, 6.07) is -4.32. The molecule has 1 fully saturated rings. The summed E-state index contributed by atoms with van der Waals surface area (Å²) in [5, 5.41) is 0. The largest absolute Gasteiger partial charge is 0.471 e. The van der Waals surface area contributed by atoms with Gasteiger partial charge in [-0.15, -0.1) is 0 Å². The highest BCUT2D eigenvalue weighted by Gasteiger charge is 2.60. The molecular weight excluding hydrogens is 398 g/mol. The zero-order valence-electron chi connectivity index (χ0n) is 15.5. The highest BCUT2D eigenvalue weighted by molar-refractivity contribution is 6.13. The van der Waals surface area contributed by atoms with E-state index in [9.17, 15) is 45.5 Å². The lowest BCUT2D eigenvalue weighted by Gasteiger charge is -2.45. The number of alkyl halides is 6. The van der Waals surface area contributed by atoms with Crippen LogP contribution in [0.25, 0.3) is 0 Å². The van der Waals surface area contributed by atoms with Gasteiger partial charge >= 0.3 is 24.2 Å². The Morgan fingerprint density at radius 1 is 0.893 bits per heavy atom. The molecule has 160 valence electrons. The highest BCUT2D eigenvalue weighted by atomic mass is 19.4. The summed E-state index contributed by atoms with van der Waals surface area (Å²) in [6.45, 7) is 5.48. The molecule has 0 aliphatic carbocycles. The Morgan fingerprint density at radius 2 is 1.32 bits per heavy atom. The Bertz CT molecular complexity index is 659. The van der Waals surface area contributed by atoms with E-state index >= 15 is 0 Å². The minimum absolute atomic E-state index is 0.0335. The summed E-state index contributed by atoms with van der Waals surface area (Å²) in [4.78, 5) is 48.3. The number of piperazine rings is 1. The molecule has 1 heterocycles. The van der Waals surface area contributed by atoms with E-state index < -0.39 is 66.3 Å². The van der Waals surface area contributed by atoms with Gasteiger partial charge < -0.3 is 0 Å². The molecule has 1 aliphatic rings. The van der Waals surface area contributed by atoms with Crippen molar-refractivity contribution in [3.8, 4) is 0 Å². The molecule has 1 aliphatic heterocycles.